The molecule has 0 amide bonds. The monoisotopic (exact) mass is 480 g/mol. The number of nitrogens with zero attached hydrogens (tertiary/aromatic N) is 3. The van der Waals surface area contributed by atoms with E-state index >= 15 is 0 Å². The van der Waals surface area contributed by atoms with Crippen molar-refractivity contribution in [2.24, 2.45) is 0 Å². The number of aryl methyl sites for hydroxylation is 1. The van der Waals surface area contributed by atoms with Crippen molar-refractivity contribution < 1.29 is 19.0 Å². The summed E-state index contributed by atoms with van der Waals surface area (Å²) in [6, 6.07) is 21.3. The molecule has 8 nitrogen and oxygen atoms in total. The second kappa shape index (κ2) is 8.88. The maximum absolute atomic E-state index is 11.9. The van der Waals surface area contributed by atoms with Gasteiger partial charge in [-0.2, -0.15) is 0 Å². The minimum absolute atomic E-state index is 0.243. The molecule has 1 aliphatic rings. The van der Waals surface area contributed by atoms with Crippen LogP contribution in [-0.4, -0.2) is 34.4 Å². The lowest BCUT2D eigenvalue weighted by Gasteiger charge is -2.11. The number of carbonyl (C=O) groups excluding carboxylic acids is 1. The Labute approximate surface area is 207 Å². The van der Waals surface area contributed by atoms with Crippen LogP contribution in [-0.2, 0) is 17.8 Å². The van der Waals surface area contributed by atoms with Gasteiger partial charge in [-0.25, -0.2) is 14.8 Å². The molecule has 0 unspecified atom stereocenters. The van der Waals surface area contributed by atoms with Crippen LogP contribution in [0.1, 0.15) is 22.8 Å². The summed E-state index contributed by atoms with van der Waals surface area (Å²) in [4.78, 5) is 21.8. The highest BCUT2D eigenvalue weighted by molar-refractivity contribution is 6.12. The van der Waals surface area contributed by atoms with Gasteiger partial charge in [0.25, 0.3) is 0 Å². The lowest BCUT2D eigenvalue weighted by molar-refractivity contribution is 0.0600. The standard InChI is InChI=1S/C28H24N4O4/c1-3-32-21-7-5-4-6-20(21)24-26(29-15-17-8-13-22-23(14-17)36-16-35-22)30-25(31-27(24)32)18-9-11-19(12-10-18)28(33)34-2/h4-14H,3,15-16H2,1-2H3,(H,29,30,31). The highest BCUT2D eigenvalue weighted by atomic mass is 16.7. The van der Waals surface area contributed by atoms with Gasteiger partial charge in [0, 0.05) is 24.0 Å². The van der Waals surface area contributed by atoms with Crippen molar-refractivity contribution >= 4 is 33.7 Å². The zero-order valence-corrected chi connectivity index (χ0v) is 19.9. The second-order valence-electron chi connectivity index (χ2n) is 8.47. The lowest BCUT2D eigenvalue weighted by Crippen LogP contribution is -2.05. The Bertz CT molecular complexity index is 1610. The molecule has 0 fully saturated rings. The summed E-state index contributed by atoms with van der Waals surface area (Å²) in [7, 11) is 1.37. The number of carbonyl (C=O) groups is 1. The van der Waals surface area contributed by atoms with E-state index in [1.165, 1.54) is 7.11 Å². The average Bonchev–Trinajstić information content (AvgIpc) is 3.53. The van der Waals surface area contributed by atoms with Crippen molar-refractivity contribution in [2.45, 2.75) is 20.0 Å². The van der Waals surface area contributed by atoms with E-state index in [1.54, 1.807) is 12.1 Å². The van der Waals surface area contributed by atoms with Gasteiger partial charge in [-0.3, -0.25) is 0 Å². The van der Waals surface area contributed by atoms with Gasteiger partial charge in [-0.15, -0.1) is 0 Å². The number of methoxy groups -OCH3 is 1. The number of ether oxygens (including phenoxy) is 3. The maximum Gasteiger partial charge on any atom is 0.337 e. The fourth-order valence-corrected chi connectivity index (χ4v) is 4.61. The van der Waals surface area contributed by atoms with Crippen LogP contribution in [0.15, 0.2) is 66.7 Å². The van der Waals surface area contributed by atoms with E-state index in [0.29, 0.717) is 17.9 Å². The van der Waals surface area contributed by atoms with E-state index in [4.69, 9.17) is 24.2 Å². The SMILES string of the molecule is CCn1c2ccccc2c2c(NCc3ccc4c(c3)OCO4)nc(-c3ccc(C(=O)OC)cc3)nc21. The molecule has 2 aromatic heterocycles. The number of aromatic nitrogens is 3. The Morgan fingerprint density at radius 1 is 1.03 bits per heavy atom. The van der Waals surface area contributed by atoms with Gasteiger partial charge in [0.1, 0.15) is 11.5 Å². The number of anilines is 1. The zero-order chi connectivity index (χ0) is 24.6. The third-order valence-corrected chi connectivity index (χ3v) is 6.39. The summed E-state index contributed by atoms with van der Waals surface area (Å²) >= 11 is 0. The van der Waals surface area contributed by atoms with Gasteiger partial charge in [0.15, 0.2) is 17.3 Å². The third-order valence-electron chi connectivity index (χ3n) is 6.39. The van der Waals surface area contributed by atoms with Crippen LogP contribution in [0.2, 0.25) is 0 Å². The minimum Gasteiger partial charge on any atom is -0.465 e. The van der Waals surface area contributed by atoms with Crippen LogP contribution in [0.25, 0.3) is 33.3 Å². The van der Waals surface area contributed by atoms with E-state index in [9.17, 15) is 4.79 Å². The summed E-state index contributed by atoms with van der Waals surface area (Å²) in [5.41, 5.74) is 4.30. The first kappa shape index (κ1) is 21.9. The number of hydrogen-bond acceptors (Lipinski definition) is 7. The molecule has 5 aromatic rings. The molecule has 3 heterocycles. The predicted molar refractivity (Wildman–Crippen MR) is 137 cm³/mol. The fourth-order valence-electron chi connectivity index (χ4n) is 4.61. The quantitative estimate of drug-likeness (QED) is 0.326. The second-order valence-corrected chi connectivity index (χ2v) is 8.47. The number of esters is 1. The Balaban J connectivity index is 1.46. The Hall–Kier alpha value is -4.59. The number of para-hydroxylation sites is 1. The van der Waals surface area contributed by atoms with Crippen LogP contribution in [0.5, 0.6) is 11.5 Å². The number of rotatable bonds is 6. The molecule has 6 rings (SSSR count). The van der Waals surface area contributed by atoms with Gasteiger partial charge < -0.3 is 24.1 Å². The van der Waals surface area contributed by atoms with E-state index in [2.05, 4.69) is 28.9 Å². The molecule has 3 aromatic carbocycles. The van der Waals surface area contributed by atoms with E-state index in [1.807, 2.05) is 42.5 Å². The third kappa shape index (κ3) is 3.67. The summed E-state index contributed by atoms with van der Waals surface area (Å²) in [5, 5.41) is 5.61. The summed E-state index contributed by atoms with van der Waals surface area (Å²) in [5.74, 6) is 2.44. The van der Waals surface area contributed by atoms with Crippen LogP contribution >= 0.6 is 0 Å². The molecule has 0 atom stereocenters. The van der Waals surface area contributed by atoms with Crippen molar-refractivity contribution in [3.8, 4) is 22.9 Å². The van der Waals surface area contributed by atoms with Crippen LogP contribution < -0.4 is 14.8 Å². The van der Waals surface area contributed by atoms with Gasteiger partial charge >= 0.3 is 5.97 Å². The summed E-state index contributed by atoms with van der Waals surface area (Å²) in [6.07, 6.45) is 0. The lowest BCUT2D eigenvalue weighted by atomic mass is 10.1. The van der Waals surface area contributed by atoms with Crippen molar-refractivity contribution in [1.29, 1.82) is 0 Å². The zero-order valence-electron chi connectivity index (χ0n) is 19.9. The number of benzene rings is 3. The van der Waals surface area contributed by atoms with Crippen molar-refractivity contribution in [3.63, 3.8) is 0 Å². The molecule has 8 heteroatoms. The van der Waals surface area contributed by atoms with E-state index < -0.39 is 0 Å². The van der Waals surface area contributed by atoms with Crippen molar-refractivity contribution in [1.82, 2.24) is 14.5 Å². The number of hydrogen-bond donors (Lipinski definition) is 1. The van der Waals surface area contributed by atoms with Crippen molar-refractivity contribution in [2.75, 3.05) is 19.2 Å². The van der Waals surface area contributed by atoms with E-state index in [-0.39, 0.29) is 12.8 Å². The molecule has 0 bridgehead atoms. The Morgan fingerprint density at radius 3 is 2.64 bits per heavy atom. The van der Waals surface area contributed by atoms with Gasteiger partial charge in [-0.1, -0.05) is 36.4 Å². The molecule has 1 N–H and O–H groups in total. The smallest absolute Gasteiger partial charge is 0.337 e. The average molecular weight is 481 g/mol. The molecule has 0 aliphatic carbocycles. The summed E-state index contributed by atoms with van der Waals surface area (Å²) < 4.78 is 18.0. The Kier molecular flexibility index (Phi) is 5.41. The number of nitrogens with one attached hydrogen (secondary N) is 1. The van der Waals surface area contributed by atoms with E-state index in [0.717, 1.165) is 56.9 Å². The molecule has 0 saturated carbocycles. The van der Waals surface area contributed by atoms with Crippen LogP contribution in [0, 0.1) is 0 Å². The normalized spacial score (nSPS) is 12.3. The Morgan fingerprint density at radius 2 is 1.83 bits per heavy atom. The summed E-state index contributed by atoms with van der Waals surface area (Å²) in [6.45, 7) is 3.67. The predicted octanol–water partition coefficient (Wildman–Crippen LogP) is 5.40. The molecule has 36 heavy (non-hydrogen) atoms. The molecular weight excluding hydrogens is 456 g/mol. The first-order valence-corrected chi connectivity index (χ1v) is 11.8. The molecule has 0 saturated heterocycles. The van der Waals surface area contributed by atoms with Gasteiger partial charge in [0.05, 0.1) is 23.6 Å². The van der Waals surface area contributed by atoms with Gasteiger partial charge in [-0.05, 0) is 42.8 Å². The molecular formula is C28H24N4O4. The van der Waals surface area contributed by atoms with Crippen LogP contribution in [0.4, 0.5) is 5.82 Å². The largest absolute Gasteiger partial charge is 0.465 e. The topological polar surface area (TPSA) is 87.5 Å². The minimum atomic E-state index is -0.380. The highest BCUT2D eigenvalue weighted by Gasteiger charge is 2.19. The molecule has 0 spiro atoms. The molecule has 180 valence electrons. The highest BCUT2D eigenvalue weighted by Crippen LogP contribution is 2.36. The fraction of sp³-hybridized carbons (Fsp3) is 0.179. The molecule has 0 radical (unpaired) electrons. The van der Waals surface area contributed by atoms with Crippen molar-refractivity contribution in [3.05, 3.63) is 77.9 Å². The first-order valence-electron chi connectivity index (χ1n) is 11.8. The van der Waals surface area contributed by atoms with Gasteiger partial charge in [0.2, 0.25) is 6.79 Å². The molecule has 1 aliphatic heterocycles. The van der Waals surface area contributed by atoms with Crippen LogP contribution in [0.3, 0.4) is 0 Å². The maximum atomic E-state index is 11.9. The number of fused-ring (bicyclic) bond motifs is 4. The first-order chi connectivity index (χ1) is 17.7.